The van der Waals surface area contributed by atoms with Crippen LogP contribution in [0.1, 0.15) is 71.1 Å². The summed E-state index contributed by atoms with van der Waals surface area (Å²) in [5.41, 5.74) is 0.806. The molecule has 1 spiro atoms. The predicted molar refractivity (Wildman–Crippen MR) is 77.7 cm³/mol. The van der Waals surface area contributed by atoms with Gasteiger partial charge in [-0.2, -0.15) is 0 Å². The van der Waals surface area contributed by atoms with Crippen molar-refractivity contribution >= 4 is 0 Å². The van der Waals surface area contributed by atoms with Crippen molar-refractivity contribution in [2.24, 2.45) is 17.3 Å². The second-order valence-corrected chi connectivity index (χ2v) is 7.65. The van der Waals surface area contributed by atoms with Crippen molar-refractivity contribution in [2.75, 3.05) is 19.6 Å². The third-order valence-electron chi connectivity index (χ3n) is 6.06. The molecule has 0 N–H and O–H groups in total. The molecule has 0 aromatic heterocycles. The van der Waals surface area contributed by atoms with Gasteiger partial charge in [-0.15, -0.1) is 0 Å². The summed E-state index contributed by atoms with van der Waals surface area (Å²) in [7, 11) is 0. The fraction of sp³-hybridized carbons (Fsp3) is 1.00. The average molecular weight is 249 g/mol. The van der Waals surface area contributed by atoms with Gasteiger partial charge < -0.3 is 4.90 Å². The average Bonchev–Trinajstić information content (AvgIpc) is 2.38. The topological polar surface area (TPSA) is 3.24 Å². The highest BCUT2D eigenvalue weighted by Gasteiger charge is 2.43. The van der Waals surface area contributed by atoms with E-state index in [1.165, 1.54) is 83.8 Å². The first kappa shape index (κ1) is 13.0. The van der Waals surface area contributed by atoms with E-state index in [9.17, 15) is 0 Å². The molecule has 0 amide bonds. The fourth-order valence-corrected chi connectivity index (χ4v) is 4.92. The van der Waals surface area contributed by atoms with E-state index < -0.39 is 0 Å². The lowest BCUT2D eigenvalue weighted by atomic mass is 9.58. The standard InChI is InChI=1S/C17H31N/c1-15-13-17(14-15)8-11-18(12-9-17)10-7-16-5-3-2-4-6-16/h15-16H,2-14H2,1H3. The van der Waals surface area contributed by atoms with Gasteiger partial charge in [0.25, 0.3) is 0 Å². The minimum absolute atomic E-state index is 0.806. The maximum atomic E-state index is 2.77. The Bertz CT molecular complexity index is 251. The van der Waals surface area contributed by atoms with Crippen LogP contribution in [0.5, 0.6) is 0 Å². The first-order valence-corrected chi connectivity index (χ1v) is 8.48. The van der Waals surface area contributed by atoms with Gasteiger partial charge in [0.2, 0.25) is 0 Å². The largest absolute Gasteiger partial charge is 0.303 e. The quantitative estimate of drug-likeness (QED) is 0.713. The van der Waals surface area contributed by atoms with Crippen molar-refractivity contribution in [2.45, 2.75) is 71.1 Å². The molecule has 3 aliphatic rings. The molecule has 0 aromatic rings. The van der Waals surface area contributed by atoms with Crippen LogP contribution in [0.3, 0.4) is 0 Å². The van der Waals surface area contributed by atoms with Gasteiger partial charge in [0.1, 0.15) is 0 Å². The molecule has 1 nitrogen and oxygen atoms in total. The summed E-state index contributed by atoms with van der Waals surface area (Å²) < 4.78 is 0. The van der Waals surface area contributed by atoms with Crippen LogP contribution in [0, 0.1) is 17.3 Å². The second-order valence-electron chi connectivity index (χ2n) is 7.65. The van der Waals surface area contributed by atoms with Crippen LogP contribution in [-0.2, 0) is 0 Å². The van der Waals surface area contributed by atoms with E-state index in [2.05, 4.69) is 11.8 Å². The van der Waals surface area contributed by atoms with Crippen molar-refractivity contribution in [1.82, 2.24) is 4.90 Å². The Morgan fingerprint density at radius 3 is 2.28 bits per heavy atom. The van der Waals surface area contributed by atoms with E-state index in [1.54, 1.807) is 0 Å². The Labute approximate surface area is 113 Å². The number of hydrogen-bond donors (Lipinski definition) is 0. The third-order valence-corrected chi connectivity index (χ3v) is 6.06. The zero-order chi connectivity index (χ0) is 12.4. The number of rotatable bonds is 3. The Morgan fingerprint density at radius 1 is 1.00 bits per heavy atom. The molecular formula is C17H31N. The molecule has 1 heteroatoms. The Hall–Kier alpha value is -0.0400. The van der Waals surface area contributed by atoms with E-state index in [0.717, 1.165) is 17.3 Å². The first-order chi connectivity index (χ1) is 8.76. The fourth-order valence-electron chi connectivity index (χ4n) is 4.92. The molecule has 18 heavy (non-hydrogen) atoms. The van der Waals surface area contributed by atoms with Gasteiger partial charge in [0.15, 0.2) is 0 Å². The van der Waals surface area contributed by atoms with Crippen molar-refractivity contribution in [1.29, 1.82) is 0 Å². The van der Waals surface area contributed by atoms with Gasteiger partial charge in [-0.1, -0.05) is 39.0 Å². The van der Waals surface area contributed by atoms with E-state index in [-0.39, 0.29) is 0 Å². The molecule has 0 aromatic carbocycles. The molecule has 0 unspecified atom stereocenters. The molecule has 0 bridgehead atoms. The minimum atomic E-state index is 0.806. The lowest BCUT2D eigenvalue weighted by Crippen LogP contribution is -2.46. The number of nitrogens with zero attached hydrogens (tertiary/aromatic N) is 1. The molecule has 0 radical (unpaired) electrons. The van der Waals surface area contributed by atoms with Crippen LogP contribution in [0.2, 0.25) is 0 Å². The van der Waals surface area contributed by atoms with Gasteiger partial charge in [0, 0.05) is 0 Å². The first-order valence-electron chi connectivity index (χ1n) is 8.48. The molecule has 3 fully saturated rings. The number of piperidine rings is 1. The molecule has 2 saturated carbocycles. The molecule has 1 saturated heterocycles. The van der Waals surface area contributed by atoms with Gasteiger partial charge in [-0.25, -0.2) is 0 Å². The zero-order valence-electron chi connectivity index (χ0n) is 12.3. The molecule has 1 heterocycles. The predicted octanol–water partition coefficient (Wildman–Crippen LogP) is 4.47. The van der Waals surface area contributed by atoms with Crippen LogP contribution in [0.4, 0.5) is 0 Å². The van der Waals surface area contributed by atoms with E-state index >= 15 is 0 Å². The number of hydrogen-bond acceptors (Lipinski definition) is 1. The summed E-state index contributed by atoms with van der Waals surface area (Å²) in [5.74, 6) is 2.09. The maximum Gasteiger partial charge on any atom is -0.00134 e. The van der Waals surface area contributed by atoms with Crippen LogP contribution in [0.25, 0.3) is 0 Å². The molecule has 2 aliphatic carbocycles. The van der Waals surface area contributed by atoms with Gasteiger partial charge in [-0.05, 0) is 69.0 Å². The van der Waals surface area contributed by atoms with Crippen LogP contribution in [-0.4, -0.2) is 24.5 Å². The van der Waals surface area contributed by atoms with Crippen LogP contribution >= 0.6 is 0 Å². The summed E-state index contributed by atoms with van der Waals surface area (Å²) in [4.78, 5) is 2.77. The van der Waals surface area contributed by atoms with Crippen LogP contribution < -0.4 is 0 Å². The van der Waals surface area contributed by atoms with Crippen molar-refractivity contribution in [3.8, 4) is 0 Å². The maximum absolute atomic E-state index is 2.77. The highest BCUT2D eigenvalue weighted by molar-refractivity contribution is 4.95. The zero-order valence-corrected chi connectivity index (χ0v) is 12.3. The van der Waals surface area contributed by atoms with Gasteiger partial charge in [0.05, 0.1) is 0 Å². The Morgan fingerprint density at radius 2 is 1.67 bits per heavy atom. The molecular weight excluding hydrogens is 218 g/mol. The molecule has 1 aliphatic heterocycles. The summed E-state index contributed by atoms with van der Waals surface area (Å²) in [6, 6.07) is 0. The van der Waals surface area contributed by atoms with Crippen LogP contribution in [0.15, 0.2) is 0 Å². The summed E-state index contributed by atoms with van der Waals surface area (Å²) >= 11 is 0. The SMILES string of the molecule is CC1CC2(CCN(CCC3CCCCC3)CC2)C1. The summed E-state index contributed by atoms with van der Waals surface area (Å²) in [6.45, 7) is 6.63. The Kier molecular flexibility index (Phi) is 3.98. The highest BCUT2D eigenvalue weighted by atomic mass is 15.1. The normalized spacial score (nSPS) is 30.5. The smallest absolute Gasteiger partial charge is 0.00134 e. The van der Waals surface area contributed by atoms with E-state index in [0.29, 0.717) is 0 Å². The highest BCUT2D eigenvalue weighted by Crippen LogP contribution is 2.52. The monoisotopic (exact) mass is 249 g/mol. The lowest BCUT2D eigenvalue weighted by Gasteiger charge is -2.51. The third kappa shape index (κ3) is 2.92. The second kappa shape index (κ2) is 5.53. The summed E-state index contributed by atoms with van der Waals surface area (Å²) in [6.07, 6.45) is 15.1. The number of likely N-dealkylation sites (tertiary alicyclic amines) is 1. The molecule has 3 rings (SSSR count). The molecule has 104 valence electrons. The van der Waals surface area contributed by atoms with Crippen molar-refractivity contribution in [3.05, 3.63) is 0 Å². The van der Waals surface area contributed by atoms with Gasteiger partial charge in [-0.3, -0.25) is 0 Å². The molecule has 0 atom stereocenters. The van der Waals surface area contributed by atoms with E-state index in [1.807, 2.05) is 0 Å². The van der Waals surface area contributed by atoms with E-state index in [4.69, 9.17) is 0 Å². The summed E-state index contributed by atoms with van der Waals surface area (Å²) in [5, 5.41) is 0. The minimum Gasteiger partial charge on any atom is -0.303 e. The van der Waals surface area contributed by atoms with Gasteiger partial charge >= 0.3 is 0 Å². The Balaban J connectivity index is 1.35. The van der Waals surface area contributed by atoms with Crippen molar-refractivity contribution < 1.29 is 0 Å². The van der Waals surface area contributed by atoms with Crippen molar-refractivity contribution in [3.63, 3.8) is 0 Å². The lowest BCUT2D eigenvalue weighted by molar-refractivity contribution is -0.00723.